The van der Waals surface area contributed by atoms with Crippen LogP contribution >= 0.6 is 11.6 Å². The van der Waals surface area contributed by atoms with Gasteiger partial charge in [-0.05, 0) is 6.08 Å². The predicted molar refractivity (Wildman–Crippen MR) is 65.4 cm³/mol. The first-order chi connectivity index (χ1) is 8.17. The second-order valence-electron chi connectivity index (χ2n) is 3.06. The molecular formula is C12H13ClO4. The summed E-state index contributed by atoms with van der Waals surface area (Å²) in [5, 5.41) is 0. The summed E-state index contributed by atoms with van der Waals surface area (Å²) in [5.74, 6) is 1.00. The predicted octanol–water partition coefficient (Wildman–Crippen LogP) is 2.65. The highest BCUT2D eigenvalue weighted by molar-refractivity contribution is 6.27. The lowest BCUT2D eigenvalue weighted by molar-refractivity contribution is 0.104. The molecule has 0 aromatic heterocycles. The van der Waals surface area contributed by atoms with Crippen LogP contribution in [0.3, 0.4) is 0 Å². The van der Waals surface area contributed by atoms with Gasteiger partial charge in [0.05, 0.1) is 21.3 Å². The minimum absolute atomic E-state index is 0.295. The summed E-state index contributed by atoms with van der Waals surface area (Å²) in [7, 11) is 4.46. The highest BCUT2D eigenvalue weighted by Crippen LogP contribution is 2.34. The van der Waals surface area contributed by atoms with Crippen LogP contribution in [-0.2, 0) is 0 Å². The number of benzene rings is 1. The summed E-state index contributed by atoms with van der Waals surface area (Å²) in [5.41, 5.74) is 1.46. The zero-order valence-corrected chi connectivity index (χ0v) is 10.6. The van der Waals surface area contributed by atoms with Crippen molar-refractivity contribution < 1.29 is 19.0 Å². The van der Waals surface area contributed by atoms with Crippen LogP contribution in [0.2, 0.25) is 0 Å². The molecule has 0 unspecified atom stereocenters. The van der Waals surface area contributed by atoms with Gasteiger partial charge in [-0.1, -0.05) is 11.6 Å². The van der Waals surface area contributed by atoms with E-state index in [1.54, 1.807) is 12.1 Å². The van der Waals surface area contributed by atoms with Crippen molar-refractivity contribution in [2.75, 3.05) is 21.3 Å². The maximum Gasteiger partial charge on any atom is 0.194 e. The molecule has 0 aliphatic carbocycles. The maximum absolute atomic E-state index is 11.8. The Hall–Kier alpha value is -1.68. The molecule has 0 N–H and O–H groups in total. The van der Waals surface area contributed by atoms with Gasteiger partial charge < -0.3 is 14.2 Å². The third kappa shape index (κ3) is 2.91. The molecule has 0 radical (unpaired) electrons. The average Bonchev–Trinajstić information content (AvgIpc) is 2.37. The highest BCUT2D eigenvalue weighted by Gasteiger charge is 2.18. The van der Waals surface area contributed by atoms with Crippen molar-refractivity contribution in [3.63, 3.8) is 0 Å². The first-order valence-electron chi connectivity index (χ1n) is 4.79. The number of hydrogen-bond donors (Lipinski definition) is 0. The molecule has 1 rings (SSSR count). The van der Waals surface area contributed by atoms with E-state index in [1.807, 2.05) is 0 Å². The Morgan fingerprint density at radius 1 is 1.12 bits per heavy atom. The topological polar surface area (TPSA) is 44.8 Å². The standard InChI is InChI=1S/C12H13ClO4/c1-15-8-6-10(16-2)12(9(14)4-5-13)11(7-8)17-3/h4-7H,1-3H3/b5-4+. The molecule has 1 aromatic rings. The zero-order valence-electron chi connectivity index (χ0n) is 9.82. The molecule has 0 saturated carbocycles. The van der Waals surface area contributed by atoms with Gasteiger partial charge in [0.1, 0.15) is 22.8 Å². The van der Waals surface area contributed by atoms with E-state index in [1.165, 1.54) is 27.4 Å². The minimum Gasteiger partial charge on any atom is -0.496 e. The Kier molecular flexibility index (Phi) is 4.84. The molecule has 0 atom stereocenters. The summed E-state index contributed by atoms with van der Waals surface area (Å²) in [4.78, 5) is 11.8. The van der Waals surface area contributed by atoms with Crippen LogP contribution in [0.25, 0.3) is 0 Å². The van der Waals surface area contributed by atoms with Crippen LogP contribution < -0.4 is 14.2 Å². The van der Waals surface area contributed by atoms with Gasteiger partial charge in [0, 0.05) is 17.7 Å². The van der Waals surface area contributed by atoms with Crippen molar-refractivity contribution in [3.8, 4) is 17.2 Å². The van der Waals surface area contributed by atoms with Crippen molar-refractivity contribution in [1.82, 2.24) is 0 Å². The summed E-state index contributed by atoms with van der Waals surface area (Å²) < 4.78 is 15.4. The number of methoxy groups -OCH3 is 3. The van der Waals surface area contributed by atoms with Crippen molar-refractivity contribution in [3.05, 3.63) is 29.3 Å². The molecule has 0 aliphatic rings. The fraction of sp³-hybridized carbons (Fsp3) is 0.250. The Morgan fingerprint density at radius 2 is 1.65 bits per heavy atom. The monoisotopic (exact) mass is 256 g/mol. The number of hydrogen-bond acceptors (Lipinski definition) is 4. The lowest BCUT2D eigenvalue weighted by Gasteiger charge is -2.12. The number of rotatable bonds is 5. The summed E-state index contributed by atoms with van der Waals surface area (Å²) in [6, 6.07) is 3.22. The molecule has 0 bridgehead atoms. The lowest BCUT2D eigenvalue weighted by atomic mass is 10.1. The Bertz CT molecular complexity index is 415. The molecule has 0 fully saturated rings. The summed E-state index contributed by atoms with van der Waals surface area (Å²) >= 11 is 5.39. The fourth-order valence-corrected chi connectivity index (χ4v) is 1.50. The number of carbonyl (C=O) groups excluding carboxylic acids is 1. The molecule has 0 saturated heterocycles. The van der Waals surface area contributed by atoms with Gasteiger partial charge in [0.15, 0.2) is 5.78 Å². The molecule has 0 heterocycles. The Morgan fingerprint density at radius 3 is 2.00 bits per heavy atom. The van der Waals surface area contributed by atoms with Crippen molar-refractivity contribution in [1.29, 1.82) is 0 Å². The SMILES string of the molecule is COc1cc(OC)c(C(=O)/C=C/Cl)c(OC)c1. The van der Waals surface area contributed by atoms with Gasteiger partial charge >= 0.3 is 0 Å². The molecule has 4 nitrogen and oxygen atoms in total. The number of halogens is 1. The molecule has 5 heteroatoms. The Balaban J connectivity index is 3.39. The normalized spacial score (nSPS) is 10.4. The first kappa shape index (κ1) is 13.4. The van der Waals surface area contributed by atoms with Gasteiger partial charge in [-0.15, -0.1) is 0 Å². The largest absolute Gasteiger partial charge is 0.496 e. The third-order valence-electron chi connectivity index (χ3n) is 2.18. The molecule has 0 spiro atoms. The summed E-state index contributed by atoms with van der Waals surface area (Å²) in [6.45, 7) is 0. The van der Waals surface area contributed by atoms with Crippen LogP contribution in [0.5, 0.6) is 17.2 Å². The second kappa shape index (κ2) is 6.15. The fourth-order valence-electron chi connectivity index (χ4n) is 1.39. The van der Waals surface area contributed by atoms with Crippen LogP contribution in [0.15, 0.2) is 23.7 Å². The van der Waals surface area contributed by atoms with Crippen molar-refractivity contribution in [2.45, 2.75) is 0 Å². The van der Waals surface area contributed by atoms with E-state index < -0.39 is 0 Å². The highest BCUT2D eigenvalue weighted by atomic mass is 35.5. The maximum atomic E-state index is 11.8. The van der Waals surface area contributed by atoms with Crippen molar-refractivity contribution >= 4 is 17.4 Å². The van der Waals surface area contributed by atoms with E-state index in [0.717, 1.165) is 5.54 Å². The Labute approximate surface area is 105 Å². The number of carbonyl (C=O) groups is 1. The van der Waals surface area contributed by atoms with Gasteiger partial charge in [-0.3, -0.25) is 4.79 Å². The third-order valence-corrected chi connectivity index (χ3v) is 2.30. The smallest absolute Gasteiger partial charge is 0.194 e. The van der Waals surface area contributed by atoms with Crippen LogP contribution in [0.1, 0.15) is 10.4 Å². The van der Waals surface area contributed by atoms with E-state index in [9.17, 15) is 4.79 Å². The molecule has 0 amide bonds. The molecular weight excluding hydrogens is 244 g/mol. The van der Waals surface area contributed by atoms with E-state index in [2.05, 4.69) is 0 Å². The van der Waals surface area contributed by atoms with E-state index in [4.69, 9.17) is 25.8 Å². The number of ether oxygens (including phenoxy) is 3. The molecule has 17 heavy (non-hydrogen) atoms. The van der Waals surface area contributed by atoms with E-state index in [0.29, 0.717) is 22.8 Å². The average molecular weight is 257 g/mol. The van der Waals surface area contributed by atoms with Gasteiger partial charge in [0.2, 0.25) is 0 Å². The molecule has 92 valence electrons. The van der Waals surface area contributed by atoms with Gasteiger partial charge in [-0.2, -0.15) is 0 Å². The van der Waals surface area contributed by atoms with E-state index >= 15 is 0 Å². The quantitative estimate of drug-likeness (QED) is 0.600. The first-order valence-corrected chi connectivity index (χ1v) is 5.22. The van der Waals surface area contributed by atoms with Crippen LogP contribution in [0.4, 0.5) is 0 Å². The number of allylic oxidation sites excluding steroid dienone is 1. The van der Waals surface area contributed by atoms with Crippen LogP contribution in [0, 0.1) is 0 Å². The van der Waals surface area contributed by atoms with Gasteiger partial charge in [0.25, 0.3) is 0 Å². The lowest BCUT2D eigenvalue weighted by Crippen LogP contribution is -2.03. The molecule has 0 aliphatic heterocycles. The minimum atomic E-state index is -0.295. The van der Waals surface area contributed by atoms with Crippen LogP contribution in [-0.4, -0.2) is 27.1 Å². The second-order valence-corrected chi connectivity index (χ2v) is 3.32. The zero-order chi connectivity index (χ0) is 12.8. The van der Waals surface area contributed by atoms with Gasteiger partial charge in [-0.25, -0.2) is 0 Å². The summed E-state index contributed by atoms with van der Waals surface area (Å²) in [6.07, 6.45) is 1.23. The van der Waals surface area contributed by atoms with Crippen molar-refractivity contribution in [2.24, 2.45) is 0 Å². The van der Waals surface area contributed by atoms with E-state index in [-0.39, 0.29) is 5.78 Å². The molecule has 1 aromatic carbocycles. The number of ketones is 1.